The summed E-state index contributed by atoms with van der Waals surface area (Å²) in [5.74, 6) is 0. The van der Waals surface area contributed by atoms with Crippen LogP contribution in [0.1, 0.15) is 11.1 Å². The molecule has 2 heterocycles. The maximum absolute atomic E-state index is 12.7. The summed E-state index contributed by atoms with van der Waals surface area (Å²) in [7, 11) is 0. The van der Waals surface area contributed by atoms with Gasteiger partial charge in [0.2, 0.25) is 0 Å². The van der Waals surface area contributed by atoms with Crippen LogP contribution in [-0.4, -0.2) is 24.5 Å². The molecule has 0 bridgehead atoms. The Hall–Kier alpha value is -2.70. The van der Waals surface area contributed by atoms with Crippen molar-refractivity contribution in [2.24, 2.45) is 0 Å². The third-order valence-electron chi connectivity index (χ3n) is 3.98. The molecule has 0 radical (unpaired) electrons. The molecule has 0 N–H and O–H groups in total. The normalized spacial score (nSPS) is 11.2. The van der Waals surface area contributed by atoms with E-state index < -0.39 is 0 Å². The van der Waals surface area contributed by atoms with Gasteiger partial charge in [-0.25, -0.2) is 9.67 Å². The number of hydrogen-bond donors (Lipinski definition) is 0. The van der Waals surface area contributed by atoms with Crippen LogP contribution < -0.4 is 5.56 Å². The van der Waals surface area contributed by atoms with Crippen molar-refractivity contribution >= 4 is 34.4 Å². The Balaban J connectivity index is 1.66. The fraction of sp³-hybridized carbons (Fsp3) is 0.111. The van der Waals surface area contributed by atoms with Crippen molar-refractivity contribution in [3.8, 4) is 0 Å². The number of fused-ring (bicyclic) bond motifs is 1. The second-order valence-corrected chi connectivity index (χ2v) is 6.73. The summed E-state index contributed by atoms with van der Waals surface area (Å²) in [6.07, 6.45) is 1.51. The SMILES string of the molecule is O=c1c2nnn(Cc3ccc(Cl)cc3)c2ncn1Cc1cccc(Cl)c1. The van der Waals surface area contributed by atoms with Crippen LogP contribution in [0.2, 0.25) is 10.0 Å². The average molecular weight is 386 g/mol. The first-order valence-corrected chi connectivity index (χ1v) is 8.63. The van der Waals surface area contributed by atoms with Gasteiger partial charge >= 0.3 is 0 Å². The molecule has 2 aromatic carbocycles. The van der Waals surface area contributed by atoms with Crippen molar-refractivity contribution in [1.82, 2.24) is 24.5 Å². The molecule has 8 heteroatoms. The van der Waals surface area contributed by atoms with Crippen molar-refractivity contribution in [2.75, 3.05) is 0 Å². The molecule has 4 aromatic rings. The third-order valence-corrected chi connectivity index (χ3v) is 4.47. The molecule has 0 spiro atoms. The molecule has 6 nitrogen and oxygen atoms in total. The van der Waals surface area contributed by atoms with Gasteiger partial charge in [0.05, 0.1) is 13.1 Å². The highest BCUT2D eigenvalue weighted by Gasteiger charge is 2.12. The van der Waals surface area contributed by atoms with Gasteiger partial charge in [-0.15, -0.1) is 5.10 Å². The second kappa shape index (κ2) is 6.90. The van der Waals surface area contributed by atoms with Crippen LogP contribution in [0.15, 0.2) is 59.7 Å². The van der Waals surface area contributed by atoms with Gasteiger partial charge in [-0.05, 0) is 35.4 Å². The standard InChI is InChI=1S/C18H13Cl2N5O/c19-14-6-4-12(5-7-14)10-25-17-16(22-23-25)18(26)24(11-21-17)9-13-2-1-3-15(20)8-13/h1-8,11H,9-10H2. The predicted molar refractivity (Wildman–Crippen MR) is 101 cm³/mol. The Morgan fingerprint density at radius 1 is 0.923 bits per heavy atom. The number of rotatable bonds is 4. The highest BCUT2D eigenvalue weighted by molar-refractivity contribution is 6.30. The lowest BCUT2D eigenvalue weighted by molar-refractivity contribution is 0.663. The first-order valence-electron chi connectivity index (χ1n) is 7.88. The van der Waals surface area contributed by atoms with Crippen LogP contribution in [0.25, 0.3) is 11.2 Å². The summed E-state index contributed by atoms with van der Waals surface area (Å²) >= 11 is 11.9. The molecule has 0 aliphatic carbocycles. The lowest BCUT2D eigenvalue weighted by Gasteiger charge is -2.06. The van der Waals surface area contributed by atoms with E-state index in [1.807, 2.05) is 30.3 Å². The molecule has 0 unspecified atom stereocenters. The average Bonchev–Trinajstić information content (AvgIpc) is 3.03. The van der Waals surface area contributed by atoms with Crippen LogP contribution in [0.4, 0.5) is 0 Å². The maximum Gasteiger partial charge on any atom is 0.283 e. The summed E-state index contributed by atoms with van der Waals surface area (Å²) < 4.78 is 3.10. The van der Waals surface area contributed by atoms with Crippen LogP contribution in [0, 0.1) is 0 Å². The monoisotopic (exact) mass is 385 g/mol. The van der Waals surface area contributed by atoms with Gasteiger partial charge in [0.15, 0.2) is 11.2 Å². The molecular weight excluding hydrogens is 373 g/mol. The molecule has 0 aliphatic rings. The molecule has 2 aromatic heterocycles. The van der Waals surface area contributed by atoms with Gasteiger partial charge in [-0.3, -0.25) is 9.36 Å². The maximum atomic E-state index is 12.7. The predicted octanol–water partition coefficient (Wildman–Crippen LogP) is 3.39. The first-order chi connectivity index (χ1) is 12.6. The van der Waals surface area contributed by atoms with E-state index in [1.54, 1.807) is 22.9 Å². The summed E-state index contributed by atoms with van der Waals surface area (Å²) in [5.41, 5.74) is 2.36. The van der Waals surface area contributed by atoms with Gasteiger partial charge in [0.1, 0.15) is 6.33 Å². The zero-order chi connectivity index (χ0) is 18.1. The van der Waals surface area contributed by atoms with E-state index in [-0.39, 0.29) is 11.1 Å². The third kappa shape index (κ3) is 3.34. The second-order valence-electron chi connectivity index (χ2n) is 5.85. The number of halogens is 2. The summed E-state index contributed by atoms with van der Waals surface area (Å²) in [6, 6.07) is 14.8. The summed E-state index contributed by atoms with van der Waals surface area (Å²) in [4.78, 5) is 17.1. The van der Waals surface area contributed by atoms with Crippen LogP contribution in [-0.2, 0) is 13.1 Å². The van der Waals surface area contributed by atoms with Gasteiger partial charge in [-0.2, -0.15) is 0 Å². The number of nitrogens with zero attached hydrogens (tertiary/aromatic N) is 5. The molecule has 130 valence electrons. The van der Waals surface area contributed by atoms with E-state index in [1.165, 1.54) is 10.9 Å². The fourth-order valence-electron chi connectivity index (χ4n) is 2.70. The number of benzene rings is 2. The molecular formula is C18H13Cl2N5O. The van der Waals surface area contributed by atoms with Crippen LogP contribution in [0.3, 0.4) is 0 Å². The summed E-state index contributed by atoms with van der Waals surface area (Å²) in [6.45, 7) is 0.824. The Morgan fingerprint density at radius 2 is 1.73 bits per heavy atom. The smallest absolute Gasteiger partial charge is 0.283 e. The minimum atomic E-state index is -0.239. The molecule has 0 fully saturated rings. The van der Waals surface area contributed by atoms with E-state index in [0.29, 0.717) is 28.8 Å². The largest absolute Gasteiger partial charge is 0.293 e. The zero-order valence-electron chi connectivity index (χ0n) is 13.5. The highest BCUT2D eigenvalue weighted by Crippen LogP contribution is 2.13. The van der Waals surface area contributed by atoms with Gasteiger partial charge in [0, 0.05) is 10.0 Å². The minimum Gasteiger partial charge on any atom is -0.293 e. The Kier molecular flexibility index (Phi) is 4.44. The van der Waals surface area contributed by atoms with Crippen molar-refractivity contribution in [3.05, 3.63) is 86.4 Å². The lowest BCUT2D eigenvalue weighted by Crippen LogP contribution is -2.21. The van der Waals surface area contributed by atoms with E-state index in [2.05, 4.69) is 15.3 Å². The molecule has 4 rings (SSSR count). The lowest BCUT2D eigenvalue weighted by atomic mass is 10.2. The van der Waals surface area contributed by atoms with Gasteiger partial charge < -0.3 is 0 Å². The zero-order valence-corrected chi connectivity index (χ0v) is 15.0. The fourth-order valence-corrected chi connectivity index (χ4v) is 3.04. The Morgan fingerprint density at radius 3 is 2.50 bits per heavy atom. The van der Waals surface area contributed by atoms with Crippen molar-refractivity contribution in [2.45, 2.75) is 13.1 Å². The van der Waals surface area contributed by atoms with E-state index in [0.717, 1.165) is 11.1 Å². The van der Waals surface area contributed by atoms with Gasteiger partial charge in [-0.1, -0.05) is 52.7 Å². The van der Waals surface area contributed by atoms with E-state index >= 15 is 0 Å². The first kappa shape index (κ1) is 16.8. The quantitative estimate of drug-likeness (QED) is 0.539. The highest BCUT2D eigenvalue weighted by atomic mass is 35.5. The van der Waals surface area contributed by atoms with Crippen LogP contribution in [0.5, 0.6) is 0 Å². The Labute approximate surface area is 158 Å². The van der Waals surface area contributed by atoms with Crippen LogP contribution >= 0.6 is 23.2 Å². The Bertz CT molecular complexity index is 1130. The molecule has 0 saturated heterocycles. The molecule has 0 aliphatic heterocycles. The van der Waals surface area contributed by atoms with Gasteiger partial charge in [0.25, 0.3) is 5.56 Å². The topological polar surface area (TPSA) is 65.6 Å². The van der Waals surface area contributed by atoms with Crippen molar-refractivity contribution in [1.29, 1.82) is 0 Å². The molecule has 0 saturated carbocycles. The van der Waals surface area contributed by atoms with Crippen molar-refractivity contribution in [3.63, 3.8) is 0 Å². The summed E-state index contributed by atoms with van der Waals surface area (Å²) in [5, 5.41) is 9.38. The molecule has 0 atom stereocenters. The van der Waals surface area contributed by atoms with Crippen molar-refractivity contribution < 1.29 is 0 Å². The van der Waals surface area contributed by atoms with E-state index in [4.69, 9.17) is 23.2 Å². The molecule has 26 heavy (non-hydrogen) atoms. The number of aromatic nitrogens is 5. The molecule has 0 amide bonds. The minimum absolute atomic E-state index is 0.239. The number of hydrogen-bond acceptors (Lipinski definition) is 4. The van der Waals surface area contributed by atoms with E-state index in [9.17, 15) is 4.79 Å².